The Hall–Kier alpha value is 0.560. The van der Waals surface area contributed by atoms with Gasteiger partial charge in [-0.05, 0) is 0 Å². The number of hydrogen-bond donors (Lipinski definition) is 4. The van der Waals surface area contributed by atoms with Crippen LogP contribution in [-0.2, 0) is 0 Å². The predicted octanol–water partition coefficient (Wildman–Crippen LogP) is -1.23. The molecule has 0 aromatic carbocycles. The number of halogens is 1. The van der Waals surface area contributed by atoms with Crippen molar-refractivity contribution < 1.29 is 20.4 Å². The van der Waals surface area contributed by atoms with Crippen LogP contribution in [0.3, 0.4) is 0 Å². The highest BCUT2D eigenvalue weighted by Crippen LogP contribution is 2.27. The largest absolute Gasteiger partial charge is 0.379 e. The summed E-state index contributed by atoms with van der Waals surface area (Å²) >= 11 is 4.93. The Bertz CT molecular complexity index is 70.9. The van der Waals surface area contributed by atoms with Crippen LogP contribution in [0.4, 0.5) is 0 Å². The summed E-state index contributed by atoms with van der Waals surface area (Å²) in [4.78, 5) is 0. The second-order valence-corrected chi connectivity index (χ2v) is 2.62. The zero-order valence-electron chi connectivity index (χ0n) is 3.74. The Morgan fingerprint density at radius 2 is 1.75 bits per heavy atom. The molecule has 0 heterocycles. The standard InChI is InChI=1S/C2H6ClO4P/c3-8-1(4)2(5,6)7/h1,4-8H. The molecule has 0 fully saturated rings. The van der Waals surface area contributed by atoms with Gasteiger partial charge in [-0.2, -0.15) is 0 Å². The molecular weight excluding hydrogens is 154 g/mol. The summed E-state index contributed by atoms with van der Waals surface area (Å²) in [5.41, 5.74) is 0. The minimum atomic E-state index is -3.06. The molecule has 0 aliphatic carbocycles. The third kappa shape index (κ3) is 2.77. The van der Waals surface area contributed by atoms with Crippen molar-refractivity contribution in [3.63, 3.8) is 0 Å². The van der Waals surface area contributed by atoms with Crippen LogP contribution in [0.1, 0.15) is 0 Å². The molecule has 50 valence electrons. The van der Waals surface area contributed by atoms with Crippen LogP contribution in [0.2, 0.25) is 0 Å². The Morgan fingerprint density at radius 3 is 1.75 bits per heavy atom. The predicted molar refractivity (Wildman–Crippen MR) is 29.6 cm³/mol. The molecule has 0 radical (unpaired) electrons. The first-order valence-electron chi connectivity index (χ1n) is 1.70. The monoisotopic (exact) mass is 160 g/mol. The van der Waals surface area contributed by atoms with Crippen molar-refractivity contribution >= 4 is 19.2 Å². The van der Waals surface area contributed by atoms with Crippen molar-refractivity contribution in [3.8, 4) is 0 Å². The summed E-state index contributed by atoms with van der Waals surface area (Å²) in [7, 11) is -0.639. The van der Waals surface area contributed by atoms with Gasteiger partial charge in [-0.25, -0.2) is 0 Å². The van der Waals surface area contributed by atoms with Gasteiger partial charge in [0.25, 0.3) is 0 Å². The van der Waals surface area contributed by atoms with E-state index in [1.54, 1.807) is 0 Å². The minimum absolute atomic E-state index is 0.639. The minimum Gasteiger partial charge on any atom is -0.379 e. The van der Waals surface area contributed by atoms with Gasteiger partial charge in [0, 0.05) is 7.93 Å². The molecule has 0 saturated heterocycles. The van der Waals surface area contributed by atoms with E-state index in [1.807, 2.05) is 0 Å². The van der Waals surface area contributed by atoms with Gasteiger partial charge in [0.1, 0.15) is 0 Å². The van der Waals surface area contributed by atoms with Crippen molar-refractivity contribution in [3.05, 3.63) is 0 Å². The van der Waals surface area contributed by atoms with Crippen LogP contribution in [0, 0.1) is 0 Å². The Labute approximate surface area is 52.3 Å². The SMILES string of the molecule is OC(PCl)C(O)(O)O. The van der Waals surface area contributed by atoms with E-state index in [-0.39, 0.29) is 0 Å². The molecule has 2 unspecified atom stereocenters. The average molecular weight is 160 g/mol. The third-order valence-corrected chi connectivity index (χ3v) is 1.68. The quantitative estimate of drug-likeness (QED) is 0.301. The van der Waals surface area contributed by atoms with Crippen molar-refractivity contribution in [2.75, 3.05) is 0 Å². The maximum absolute atomic E-state index is 8.32. The molecule has 0 bridgehead atoms. The Balaban J connectivity index is 3.62. The van der Waals surface area contributed by atoms with Gasteiger partial charge in [-0.15, -0.1) is 0 Å². The number of aliphatic hydroxyl groups is 4. The van der Waals surface area contributed by atoms with Gasteiger partial charge in [0.05, 0.1) is 0 Å². The fraction of sp³-hybridized carbons (Fsp3) is 1.00. The molecule has 0 rings (SSSR count). The van der Waals surface area contributed by atoms with E-state index in [9.17, 15) is 0 Å². The van der Waals surface area contributed by atoms with E-state index in [2.05, 4.69) is 0 Å². The number of hydrogen-bond acceptors (Lipinski definition) is 4. The second kappa shape index (κ2) is 2.92. The Morgan fingerprint density at radius 1 is 1.38 bits per heavy atom. The van der Waals surface area contributed by atoms with Gasteiger partial charge >= 0.3 is 5.97 Å². The van der Waals surface area contributed by atoms with E-state index in [0.29, 0.717) is 0 Å². The van der Waals surface area contributed by atoms with Gasteiger partial charge in [-0.3, -0.25) is 0 Å². The van der Waals surface area contributed by atoms with Gasteiger partial charge in [0.15, 0.2) is 5.85 Å². The van der Waals surface area contributed by atoms with E-state index in [1.165, 1.54) is 0 Å². The summed E-state index contributed by atoms with van der Waals surface area (Å²) in [5, 5.41) is 32.5. The molecule has 2 atom stereocenters. The van der Waals surface area contributed by atoms with E-state index in [4.69, 9.17) is 31.7 Å². The first kappa shape index (κ1) is 8.56. The fourth-order valence-electron chi connectivity index (χ4n) is 0.0732. The van der Waals surface area contributed by atoms with E-state index >= 15 is 0 Å². The summed E-state index contributed by atoms with van der Waals surface area (Å²) < 4.78 is 0. The first-order valence-corrected chi connectivity index (χ1v) is 3.78. The zero-order chi connectivity index (χ0) is 6.78. The molecule has 0 amide bonds. The summed E-state index contributed by atoms with van der Waals surface area (Å²) in [5.74, 6) is -4.75. The van der Waals surface area contributed by atoms with Crippen molar-refractivity contribution in [1.82, 2.24) is 0 Å². The molecule has 0 aromatic rings. The lowest BCUT2D eigenvalue weighted by Gasteiger charge is -2.17. The topological polar surface area (TPSA) is 80.9 Å². The molecule has 4 nitrogen and oxygen atoms in total. The highest BCUT2D eigenvalue weighted by molar-refractivity contribution is 7.68. The second-order valence-electron chi connectivity index (χ2n) is 1.20. The normalized spacial score (nSPS) is 17.6. The third-order valence-electron chi connectivity index (χ3n) is 0.470. The molecule has 4 N–H and O–H groups in total. The summed E-state index contributed by atoms with van der Waals surface area (Å²) in [6.07, 6.45) is 0. The van der Waals surface area contributed by atoms with Crippen LogP contribution < -0.4 is 0 Å². The number of rotatable bonds is 2. The molecule has 0 saturated carbocycles. The van der Waals surface area contributed by atoms with E-state index < -0.39 is 19.8 Å². The van der Waals surface area contributed by atoms with Crippen LogP contribution in [0.15, 0.2) is 0 Å². The highest BCUT2D eigenvalue weighted by Gasteiger charge is 2.29. The maximum Gasteiger partial charge on any atom is 0.308 e. The van der Waals surface area contributed by atoms with E-state index in [0.717, 1.165) is 0 Å². The van der Waals surface area contributed by atoms with Crippen LogP contribution >= 0.6 is 19.2 Å². The molecule has 0 spiro atoms. The fourth-order valence-corrected chi connectivity index (χ4v) is 0.659. The van der Waals surface area contributed by atoms with Gasteiger partial charge in [0.2, 0.25) is 0 Å². The lowest BCUT2D eigenvalue weighted by atomic mass is 10.6. The molecule has 0 aliphatic heterocycles. The maximum atomic E-state index is 8.32. The highest BCUT2D eigenvalue weighted by atomic mass is 35.7. The molecule has 8 heavy (non-hydrogen) atoms. The smallest absolute Gasteiger partial charge is 0.308 e. The van der Waals surface area contributed by atoms with Gasteiger partial charge in [-0.1, -0.05) is 11.2 Å². The van der Waals surface area contributed by atoms with Crippen molar-refractivity contribution in [2.24, 2.45) is 0 Å². The lowest BCUT2D eigenvalue weighted by Crippen LogP contribution is -2.38. The molecule has 0 aliphatic rings. The van der Waals surface area contributed by atoms with Crippen LogP contribution in [0.5, 0.6) is 0 Å². The Kier molecular flexibility index (Phi) is 3.12. The van der Waals surface area contributed by atoms with Crippen molar-refractivity contribution in [1.29, 1.82) is 0 Å². The summed E-state index contributed by atoms with van der Waals surface area (Å²) in [6.45, 7) is 0. The van der Waals surface area contributed by atoms with Crippen LogP contribution in [0.25, 0.3) is 0 Å². The molecule has 0 aromatic heterocycles. The zero-order valence-corrected chi connectivity index (χ0v) is 5.50. The molecule has 6 heteroatoms. The number of aliphatic hydroxyl groups excluding tert-OH is 1. The van der Waals surface area contributed by atoms with Gasteiger partial charge < -0.3 is 20.4 Å². The van der Waals surface area contributed by atoms with Crippen molar-refractivity contribution in [2.45, 2.75) is 11.8 Å². The van der Waals surface area contributed by atoms with Crippen LogP contribution in [-0.4, -0.2) is 32.2 Å². The lowest BCUT2D eigenvalue weighted by molar-refractivity contribution is -0.336. The summed E-state index contributed by atoms with van der Waals surface area (Å²) in [6, 6.07) is 0. The molecular formula is C2H6ClO4P. The average Bonchev–Trinajstić information content (AvgIpc) is 1.62. The first-order chi connectivity index (χ1) is 3.48.